The number of aryl methyl sites for hydroxylation is 1. The van der Waals surface area contributed by atoms with Crippen molar-refractivity contribution in [3.63, 3.8) is 0 Å². The van der Waals surface area contributed by atoms with Crippen LogP contribution in [0, 0.1) is 0 Å². The molecule has 1 aromatic carbocycles. The van der Waals surface area contributed by atoms with Gasteiger partial charge in [-0.3, -0.25) is 9.35 Å². The molecule has 0 atom stereocenters. The second-order valence-electron chi connectivity index (χ2n) is 8.45. The van der Waals surface area contributed by atoms with Crippen molar-refractivity contribution in [3.05, 3.63) is 40.4 Å². The van der Waals surface area contributed by atoms with E-state index in [1.165, 1.54) is 57.1 Å². The van der Waals surface area contributed by atoms with Crippen LogP contribution >= 0.6 is 27.5 Å². The van der Waals surface area contributed by atoms with E-state index in [9.17, 15) is 17.8 Å². The highest BCUT2D eigenvalue weighted by molar-refractivity contribution is 9.12. The number of carbonyl (C=O) groups excluding carboxylic acids is 1. The van der Waals surface area contributed by atoms with Crippen molar-refractivity contribution in [1.29, 1.82) is 0 Å². The number of hydrogen-bond donors (Lipinski definition) is 3. The minimum atomic E-state index is -4.57. The van der Waals surface area contributed by atoms with Crippen LogP contribution in [0.25, 0.3) is 0 Å². The lowest BCUT2D eigenvalue weighted by atomic mass is 10.1. The standard InChI is InChI=1S/C24H33BrClN5O4S/c1-3-4-5-6-7-8-9-10-11-12-13-21-29-23(26)31-24(30-21)28-19-16-18(27-22(32)17(2)25)14-15-20(19)36(33,34)35/h14-16H,2-13H2,1H3,(H,27,32)(H,33,34,35)(H,28,29,30,31). The minimum absolute atomic E-state index is 0.0235. The molecule has 0 spiro atoms. The molecule has 2 rings (SSSR count). The molecule has 2 aromatic rings. The van der Waals surface area contributed by atoms with Gasteiger partial charge in [0.1, 0.15) is 10.7 Å². The van der Waals surface area contributed by atoms with E-state index in [0.29, 0.717) is 12.2 Å². The van der Waals surface area contributed by atoms with Gasteiger partial charge in [0.15, 0.2) is 0 Å². The van der Waals surface area contributed by atoms with Gasteiger partial charge in [0.25, 0.3) is 16.0 Å². The number of nitrogens with one attached hydrogen (secondary N) is 2. The third-order valence-electron chi connectivity index (χ3n) is 5.42. The molecule has 36 heavy (non-hydrogen) atoms. The normalized spacial score (nSPS) is 11.3. The summed E-state index contributed by atoms with van der Waals surface area (Å²) in [6.07, 6.45) is 12.7. The van der Waals surface area contributed by atoms with Crippen molar-refractivity contribution in [1.82, 2.24) is 15.0 Å². The lowest BCUT2D eigenvalue weighted by Crippen LogP contribution is -2.12. The Labute approximate surface area is 226 Å². The molecule has 1 heterocycles. The molecule has 1 amide bonds. The molecule has 0 saturated heterocycles. The van der Waals surface area contributed by atoms with Crippen LogP contribution in [0.1, 0.15) is 77.0 Å². The van der Waals surface area contributed by atoms with Crippen molar-refractivity contribution < 1.29 is 17.8 Å². The molecule has 0 fully saturated rings. The summed E-state index contributed by atoms with van der Waals surface area (Å²) in [6, 6.07) is 3.81. The van der Waals surface area contributed by atoms with E-state index in [1.807, 2.05) is 0 Å². The molecule has 9 nitrogen and oxygen atoms in total. The second kappa shape index (κ2) is 15.2. The Balaban J connectivity index is 2.01. The summed E-state index contributed by atoms with van der Waals surface area (Å²) in [5, 5.41) is 5.28. The first kappa shape index (κ1) is 30.1. The average Bonchev–Trinajstić information content (AvgIpc) is 2.79. The van der Waals surface area contributed by atoms with Crippen molar-refractivity contribution in [3.8, 4) is 0 Å². The first-order chi connectivity index (χ1) is 17.1. The van der Waals surface area contributed by atoms with Gasteiger partial charge in [-0.2, -0.15) is 18.4 Å². The first-order valence-corrected chi connectivity index (χ1v) is 14.7. The lowest BCUT2D eigenvalue weighted by Gasteiger charge is -2.12. The van der Waals surface area contributed by atoms with Gasteiger partial charge < -0.3 is 10.6 Å². The summed E-state index contributed by atoms with van der Waals surface area (Å²) in [5.74, 6) is -0.0107. The number of halogens is 2. The van der Waals surface area contributed by atoms with Crippen LogP contribution in [0.5, 0.6) is 0 Å². The van der Waals surface area contributed by atoms with Gasteiger partial charge in [-0.15, -0.1) is 0 Å². The summed E-state index contributed by atoms with van der Waals surface area (Å²) in [5.41, 5.74) is 0.226. The van der Waals surface area contributed by atoms with Gasteiger partial charge in [0.05, 0.1) is 10.2 Å². The molecule has 0 radical (unpaired) electrons. The summed E-state index contributed by atoms with van der Waals surface area (Å²) in [4.78, 5) is 24.0. The van der Waals surface area contributed by atoms with E-state index in [-0.39, 0.29) is 27.1 Å². The van der Waals surface area contributed by atoms with Gasteiger partial charge in [-0.1, -0.05) is 71.3 Å². The van der Waals surface area contributed by atoms with Crippen LogP contribution in [0.3, 0.4) is 0 Å². The first-order valence-electron chi connectivity index (χ1n) is 12.0. The number of anilines is 3. The molecule has 12 heteroatoms. The predicted octanol–water partition coefficient (Wildman–Crippen LogP) is 6.83. The Hall–Kier alpha value is -2.08. The van der Waals surface area contributed by atoms with Crippen LogP contribution in [0.2, 0.25) is 5.28 Å². The Morgan fingerprint density at radius 2 is 1.64 bits per heavy atom. The van der Waals surface area contributed by atoms with Crippen molar-refractivity contribution >= 4 is 60.9 Å². The van der Waals surface area contributed by atoms with Gasteiger partial charge in [-0.25, -0.2) is 4.98 Å². The molecule has 0 saturated carbocycles. The number of nitrogens with zero attached hydrogens (tertiary/aromatic N) is 3. The molecule has 0 aliphatic rings. The van der Waals surface area contributed by atoms with Crippen LogP contribution in [-0.2, 0) is 21.3 Å². The highest BCUT2D eigenvalue weighted by atomic mass is 79.9. The zero-order chi connectivity index (χ0) is 26.6. The Kier molecular flexibility index (Phi) is 12.8. The maximum atomic E-state index is 11.9. The summed E-state index contributed by atoms with van der Waals surface area (Å²) in [7, 11) is -4.57. The van der Waals surface area contributed by atoms with Crippen LogP contribution in [0.15, 0.2) is 34.2 Å². The Morgan fingerprint density at radius 3 is 2.22 bits per heavy atom. The number of carbonyl (C=O) groups is 1. The number of amides is 1. The van der Waals surface area contributed by atoms with Crippen LogP contribution < -0.4 is 10.6 Å². The monoisotopic (exact) mass is 601 g/mol. The summed E-state index contributed by atoms with van der Waals surface area (Å²) in [6.45, 7) is 5.71. The molecule has 0 unspecified atom stereocenters. The topological polar surface area (TPSA) is 134 Å². The average molecular weight is 603 g/mol. The number of unbranched alkanes of at least 4 members (excludes halogenated alkanes) is 9. The molecule has 1 aromatic heterocycles. The van der Waals surface area contributed by atoms with Gasteiger partial charge in [-0.05, 0) is 52.2 Å². The zero-order valence-electron chi connectivity index (χ0n) is 20.4. The quantitative estimate of drug-likeness (QED) is 0.108. The van der Waals surface area contributed by atoms with Crippen molar-refractivity contribution in [2.45, 2.75) is 82.4 Å². The molecule has 0 aliphatic heterocycles. The molecular weight excluding hydrogens is 570 g/mol. The maximum Gasteiger partial charge on any atom is 0.296 e. The fourth-order valence-corrected chi connectivity index (χ4v) is 4.48. The molecule has 3 N–H and O–H groups in total. The number of aromatic nitrogens is 3. The van der Waals surface area contributed by atoms with E-state index in [4.69, 9.17) is 11.6 Å². The Bertz CT molecular complexity index is 1150. The van der Waals surface area contributed by atoms with E-state index >= 15 is 0 Å². The van der Waals surface area contributed by atoms with E-state index in [1.54, 1.807) is 0 Å². The summed E-state index contributed by atoms with van der Waals surface area (Å²) < 4.78 is 33.4. The van der Waals surface area contributed by atoms with E-state index in [0.717, 1.165) is 25.3 Å². The van der Waals surface area contributed by atoms with Crippen LogP contribution in [0.4, 0.5) is 17.3 Å². The summed E-state index contributed by atoms with van der Waals surface area (Å²) >= 11 is 9.05. The highest BCUT2D eigenvalue weighted by Crippen LogP contribution is 2.28. The number of rotatable bonds is 16. The smallest absolute Gasteiger partial charge is 0.296 e. The van der Waals surface area contributed by atoms with Gasteiger partial charge in [0.2, 0.25) is 11.2 Å². The predicted molar refractivity (Wildman–Crippen MR) is 147 cm³/mol. The lowest BCUT2D eigenvalue weighted by molar-refractivity contribution is -0.112. The number of benzene rings is 1. The molecule has 198 valence electrons. The molecule has 0 aliphatic carbocycles. The second-order valence-corrected chi connectivity index (χ2v) is 11.1. The van der Waals surface area contributed by atoms with Crippen molar-refractivity contribution in [2.24, 2.45) is 0 Å². The maximum absolute atomic E-state index is 11.9. The van der Waals surface area contributed by atoms with E-state index in [2.05, 4.69) is 55.0 Å². The molecular formula is C24H33BrClN5O4S. The largest absolute Gasteiger partial charge is 0.323 e. The fraction of sp³-hybridized carbons (Fsp3) is 0.500. The van der Waals surface area contributed by atoms with Gasteiger partial charge >= 0.3 is 0 Å². The fourth-order valence-electron chi connectivity index (χ4n) is 3.58. The minimum Gasteiger partial charge on any atom is -0.323 e. The number of hydrogen-bond acceptors (Lipinski definition) is 7. The van der Waals surface area contributed by atoms with E-state index < -0.39 is 20.9 Å². The Morgan fingerprint density at radius 1 is 1.03 bits per heavy atom. The third kappa shape index (κ3) is 10.9. The van der Waals surface area contributed by atoms with Crippen molar-refractivity contribution in [2.75, 3.05) is 10.6 Å². The highest BCUT2D eigenvalue weighted by Gasteiger charge is 2.18. The SMILES string of the molecule is C=C(Br)C(=O)Nc1ccc(S(=O)(=O)O)c(Nc2nc(Cl)nc(CCCCCCCCCCCC)n2)c1. The molecule has 0 bridgehead atoms. The van der Waals surface area contributed by atoms with Crippen LogP contribution in [-0.4, -0.2) is 33.8 Å². The third-order valence-corrected chi connectivity index (χ3v) is 6.86. The zero-order valence-corrected chi connectivity index (χ0v) is 23.6. The van der Waals surface area contributed by atoms with Gasteiger partial charge in [0, 0.05) is 12.1 Å².